The van der Waals surface area contributed by atoms with Crippen molar-refractivity contribution in [3.63, 3.8) is 0 Å². The summed E-state index contributed by atoms with van der Waals surface area (Å²) in [6.45, 7) is 4.28. The summed E-state index contributed by atoms with van der Waals surface area (Å²) >= 11 is 5.46. The van der Waals surface area contributed by atoms with Crippen molar-refractivity contribution in [1.29, 1.82) is 0 Å². The van der Waals surface area contributed by atoms with Gasteiger partial charge in [-0.3, -0.25) is 4.79 Å². The normalized spacial score (nSPS) is 19.8. The van der Waals surface area contributed by atoms with E-state index in [0.29, 0.717) is 11.8 Å². The quantitative estimate of drug-likeness (QED) is 0.791. The Morgan fingerprint density at radius 1 is 1.44 bits per heavy atom. The number of carbonyl (C=O) groups is 1. The van der Waals surface area contributed by atoms with Crippen molar-refractivity contribution in [2.24, 2.45) is 11.8 Å². The van der Waals surface area contributed by atoms with Gasteiger partial charge in [0, 0.05) is 17.8 Å². The second-order valence-corrected chi connectivity index (χ2v) is 6.70. The summed E-state index contributed by atoms with van der Waals surface area (Å²) in [5.41, 5.74) is 0. The van der Waals surface area contributed by atoms with Crippen molar-refractivity contribution < 1.29 is 4.79 Å². The fraction of sp³-hybridized carbons (Fsp3) is 0.917. The molecule has 0 aromatic carbocycles. The number of alkyl halides is 1. The Morgan fingerprint density at radius 2 is 2.06 bits per heavy atom. The minimum Gasteiger partial charge on any atom is -0.352 e. The molecule has 0 bridgehead atoms. The molecule has 1 fully saturated rings. The van der Waals surface area contributed by atoms with Crippen molar-refractivity contribution in [1.82, 2.24) is 5.32 Å². The zero-order valence-electron chi connectivity index (χ0n) is 10.2. The van der Waals surface area contributed by atoms with Gasteiger partial charge in [-0.1, -0.05) is 29.8 Å². The van der Waals surface area contributed by atoms with E-state index >= 15 is 0 Å². The molecule has 0 spiro atoms. The van der Waals surface area contributed by atoms with Gasteiger partial charge in [0.2, 0.25) is 5.91 Å². The maximum Gasteiger partial charge on any atom is 0.220 e. The number of thioether (sulfide) groups is 1. The zero-order valence-corrected chi connectivity index (χ0v) is 12.6. The van der Waals surface area contributed by atoms with Crippen LogP contribution in [0, 0.1) is 11.8 Å². The summed E-state index contributed by atoms with van der Waals surface area (Å²) in [4.78, 5) is 11.8. The summed E-state index contributed by atoms with van der Waals surface area (Å²) in [6, 6.07) is 0.269. The lowest BCUT2D eigenvalue weighted by atomic mass is 9.98. The molecule has 1 amide bonds. The first-order valence-corrected chi connectivity index (χ1v) is 8.34. The van der Waals surface area contributed by atoms with Gasteiger partial charge in [0.05, 0.1) is 0 Å². The first-order chi connectivity index (χ1) is 7.63. The SMILES string of the molecule is CC(C)C(CBr)NC(=O)CC1CCSCC1. The molecule has 0 radical (unpaired) electrons. The van der Waals surface area contributed by atoms with Gasteiger partial charge in [0.1, 0.15) is 0 Å². The molecule has 1 N–H and O–H groups in total. The Bertz CT molecular complexity index is 217. The fourth-order valence-corrected chi connectivity index (χ4v) is 3.98. The molecular formula is C12H22BrNOS. The molecule has 1 aliphatic rings. The predicted octanol–water partition coefficient (Wildman–Crippen LogP) is 3.06. The highest BCUT2D eigenvalue weighted by Crippen LogP contribution is 2.25. The highest BCUT2D eigenvalue weighted by molar-refractivity contribution is 9.09. The Morgan fingerprint density at radius 3 is 2.56 bits per heavy atom. The van der Waals surface area contributed by atoms with E-state index in [2.05, 4.69) is 35.1 Å². The molecule has 16 heavy (non-hydrogen) atoms. The lowest BCUT2D eigenvalue weighted by Crippen LogP contribution is -2.40. The molecule has 1 saturated heterocycles. The third kappa shape index (κ3) is 5.09. The van der Waals surface area contributed by atoms with Gasteiger partial charge >= 0.3 is 0 Å². The zero-order chi connectivity index (χ0) is 12.0. The molecule has 1 rings (SSSR count). The maximum absolute atomic E-state index is 11.8. The Balaban J connectivity index is 2.28. The van der Waals surface area contributed by atoms with Crippen LogP contribution >= 0.6 is 27.7 Å². The largest absolute Gasteiger partial charge is 0.352 e. The van der Waals surface area contributed by atoms with Gasteiger partial charge < -0.3 is 5.32 Å². The molecule has 1 unspecified atom stereocenters. The van der Waals surface area contributed by atoms with Gasteiger partial charge in [-0.2, -0.15) is 11.8 Å². The Hall–Kier alpha value is 0.300. The minimum atomic E-state index is 0.232. The molecule has 1 aliphatic heterocycles. The third-order valence-corrected chi connectivity index (χ3v) is 4.88. The molecule has 0 aliphatic carbocycles. The van der Waals surface area contributed by atoms with E-state index in [1.807, 2.05) is 11.8 Å². The van der Waals surface area contributed by atoms with Crippen molar-refractivity contribution in [2.75, 3.05) is 16.8 Å². The van der Waals surface area contributed by atoms with Gasteiger partial charge in [0.15, 0.2) is 0 Å². The second kappa shape index (κ2) is 7.59. The van der Waals surface area contributed by atoms with Crippen LogP contribution in [0.25, 0.3) is 0 Å². The second-order valence-electron chi connectivity index (χ2n) is 4.83. The first-order valence-electron chi connectivity index (χ1n) is 6.06. The molecule has 4 heteroatoms. The van der Waals surface area contributed by atoms with Crippen LogP contribution in [0.5, 0.6) is 0 Å². The fourth-order valence-electron chi connectivity index (χ4n) is 1.86. The van der Waals surface area contributed by atoms with Crippen LogP contribution in [0.15, 0.2) is 0 Å². The molecule has 1 heterocycles. The van der Waals surface area contributed by atoms with Crippen LogP contribution in [0.3, 0.4) is 0 Å². The first kappa shape index (κ1) is 14.4. The van der Waals surface area contributed by atoms with Gasteiger partial charge in [-0.15, -0.1) is 0 Å². The summed E-state index contributed by atoms with van der Waals surface area (Å²) in [5, 5.41) is 3.96. The van der Waals surface area contributed by atoms with Crippen LogP contribution in [-0.2, 0) is 4.79 Å². The van der Waals surface area contributed by atoms with E-state index in [-0.39, 0.29) is 11.9 Å². The molecule has 0 aromatic rings. The summed E-state index contributed by atoms with van der Waals surface area (Å²) in [7, 11) is 0. The lowest BCUT2D eigenvalue weighted by molar-refractivity contribution is -0.122. The molecular weight excluding hydrogens is 286 g/mol. The average molecular weight is 308 g/mol. The Labute approximate surface area is 111 Å². The standard InChI is InChI=1S/C12H22BrNOS/c1-9(2)11(8-13)14-12(15)7-10-3-5-16-6-4-10/h9-11H,3-8H2,1-2H3,(H,14,15). The molecule has 0 saturated carbocycles. The van der Waals surface area contributed by atoms with Crippen LogP contribution in [0.2, 0.25) is 0 Å². The van der Waals surface area contributed by atoms with Crippen molar-refractivity contribution in [3.8, 4) is 0 Å². The van der Waals surface area contributed by atoms with E-state index in [0.717, 1.165) is 11.8 Å². The minimum absolute atomic E-state index is 0.232. The predicted molar refractivity (Wildman–Crippen MR) is 75.2 cm³/mol. The van der Waals surface area contributed by atoms with E-state index in [1.165, 1.54) is 24.3 Å². The molecule has 0 aromatic heterocycles. The third-order valence-electron chi connectivity index (χ3n) is 3.13. The van der Waals surface area contributed by atoms with E-state index in [1.54, 1.807) is 0 Å². The van der Waals surface area contributed by atoms with Gasteiger partial charge in [-0.25, -0.2) is 0 Å². The summed E-state index contributed by atoms with van der Waals surface area (Å²) < 4.78 is 0. The van der Waals surface area contributed by atoms with Crippen molar-refractivity contribution >= 4 is 33.6 Å². The van der Waals surface area contributed by atoms with E-state index < -0.39 is 0 Å². The van der Waals surface area contributed by atoms with Crippen LogP contribution in [0.1, 0.15) is 33.1 Å². The number of nitrogens with one attached hydrogen (secondary N) is 1. The van der Waals surface area contributed by atoms with Gasteiger partial charge in [0.25, 0.3) is 0 Å². The summed E-state index contributed by atoms with van der Waals surface area (Å²) in [6.07, 6.45) is 3.13. The van der Waals surface area contributed by atoms with Crippen LogP contribution < -0.4 is 5.32 Å². The monoisotopic (exact) mass is 307 g/mol. The Kier molecular flexibility index (Phi) is 6.81. The number of rotatable bonds is 5. The lowest BCUT2D eigenvalue weighted by Gasteiger charge is -2.24. The number of hydrogen-bond acceptors (Lipinski definition) is 2. The van der Waals surface area contributed by atoms with Crippen LogP contribution in [-0.4, -0.2) is 28.8 Å². The van der Waals surface area contributed by atoms with Crippen molar-refractivity contribution in [3.05, 3.63) is 0 Å². The summed E-state index contributed by atoms with van der Waals surface area (Å²) in [5.74, 6) is 3.79. The molecule has 2 nitrogen and oxygen atoms in total. The number of amides is 1. The molecule has 1 atom stereocenters. The number of halogens is 1. The van der Waals surface area contributed by atoms with Crippen molar-refractivity contribution in [2.45, 2.75) is 39.2 Å². The maximum atomic E-state index is 11.8. The highest BCUT2D eigenvalue weighted by Gasteiger charge is 2.20. The number of hydrogen-bond donors (Lipinski definition) is 1. The van der Waals surface area contributed by atoms with Gasteiger partial charge in [-0.05, 0) is 36.2 Å². The molecule has 94 valence electrons. The van der Waals surface area contributed by atoms with E-state index in [9.17, 15) is 4.79 Å². The average Bonchev–Trinajstić information content (AvgIpc) is 2.27. The van der Waals surface area contributed by atoms with E-state index in [4.69, 9.17) is 0 Å². The van der Waals surface area contributed by atoms with Crippen LogP contribution in [0.4, 0.5) is 0 Å². The highest BCUT2D eigenvalue weighted by atomic mass is 79.9. The smallest absolute Gasteiger partial charge is 0.220 e. The topological polar surface area (TPSA) is 29.1 Å². The number of carbonyl (C=O) groups excluding carboxylic acids is 1.